The Morgan fingerprint density at radius 1 is 0.905 bits per heavy atom. The summed E-state index contributed by atoms with van der Waals surface area (Å²) in [4.78, 5) is 0. The standard InChI is InChI=1S/C13H9BF5O.K/c15-11-6-10(7-12(16)13(11)14(17,18)19)20-8-9-4-2-1-3-5-9;/h1-7H,8H2;/q-1;+1. The Labute approximate surface area is 161 Å². The van der Waals surface area contributed by atoms with Gasteiger partial charge in [0.15, 0.2) is 0 Å². The van der Waals surface area contributed by atoms with Crippen molar-refractivity contribution in [2.75, 3.05) is 0 Å². The van der Waals surface area contributed by atoms with E-state index in [1.165, 1.54) is 0 Å². The molecule has 0 amide bonds. The summed E-state index contributed by atoms with van der Waals surface area (Å²) in [6.07, 6.45) is 0. The first kappa shape index (κ1) is 18.6. The van der Waals surface area contributed by atoms with Gasteiger partial charge in [0.1, 0.15) is 24.0 Å². The monoisotopic (exact) mass is 326 g/mol. The van der Waals surface area contributed by atoms with Gasteiger partial charge in [0.05, 0.1) is 0 Å². The maximum absolute atomic E-state index is 13.3. The quantitative estimate of drug-likeness (QED) is 0.591. The van der Waals surface area contributed by atoms with Gasteiger partial charge in [0.25, 0.3) is 0 Å². The number of hydrogen-bond donors (Lipinski definition) is 0. The fourth-order valence-corrected chi connectivity index (χ4v) is 1.70. The smallest absolute Gasteiger partial charge is 0.489 e. The summed E-state index contributed by atoms with van der Waals surface area (Å²) in [5.41, 5.74) is -1.12. The molecule has 8 heteroatoms. The summed E-state index contributed by atoms with van der Waals surface area (Å²) in [7, 11) is 0. The summed E-state index contributed by atoms with van der Waals surface area (Å²) in [6.45, 7) is -5.72. The summed E-state index contributed by atoms with van der Waals surface area (Å²) >= 11 is 0. The van der Waals surface area contributed by atoms with Crippen LogP contribution in [0.3, 0.4) is 0 Å². The predicted octanol–water partition coefficient (Wildman–Crippen LogP) is 0.602. The van der Waals surface area contributed by atoms with E-state index in [2.05, 4.69) is 0 Å². The molecule has 0 N–H and O–H groups in total. The molecule has 0 unspecified atom stereocenters. The van der Waals surface area contributed by atoms with Crippen molar-refractivity contribution in [3.63, 3.8) is 0 Å². The molecule has 1 nitrogen and oxygen atoms in total. The zero-order chi connectivity index (χ0) is 14.8. The summed E-state index contributed by atoms with van der Waals surface area (Å²) in [6, 6.07) is 9.79. The molecular weight excluding hydrogens is 317 g/mol. The Kier molecular flexibility index (Phi) is 6.86. The molecule has 0 aliphatic carbocycles. The molecule has 2 rings (SSSR count). The third-order valence-corrected chi connectivity index (χ3v) is 2.63. The van der Waals surface area contributed by atoms with Crippen molar-refractivity contribution in [3.05, 3.63) is 59.7 Å². The van der Waals surface area contributed by atoms with Crippen molar-refractivity contribution in [3.8, 4) is 5.75 Å². The van der Waals surface area contributed by atoms with Crippen molar-refractivity contribution >= 4 is 12.4 Å². The third-order valence-electron chi connectivity index (χ3n) is 2.63. The number of ether oxygens (including phenoxy) is 1. The molecule has 0 aliphatic heterocycles. The minimum atomic E-state index is -5.73. The van der Waals surface area contributed by atoms with Gasteiger partial charge in [-0.15, -0.1) is 0 Å². The summed E-state index contributed by atoms with van der Waals surface area (Å²) in [5.74, 6) is -3.62. The fraction of sp³-hybridized carbons (Fsp3) is 0.0769. The van der Waals surface area contributed by atoms with E-state index in [1.54, 1.807) is 30.3 Å². The van der Waals surface area contributed by atoms with E-state index in [-0.39, 0.29) is 63.7 Å². The first-order valence-corrected chi connectivity index (χ1v) is 5.73. The van der Waals surface area contributed by atoms with Crippen molar-refractivity contribution < 1.29 is 77.8 Å². The van der Waals surface area contributed by atoms with Crippen LogP contribution in [-0.4, -0.2) is 6.98 Å². The molecule has 2 aromatic rings. The molecular formula is C13H9BF5KO. The Morgan fingerprint density at radius 3 is 1.90 bits per heavy atom. The van der Waals surface area contributed by atoms with Gasteiger partial charge in [-0.2, -0.15) is 0 Å². The largest absolute Gasteiger partial charge is 1.00 e. The first-order chi connectivity index (χ1) is 9.38. The van der Waals surface area contributed by atoms with Crippen molar-refractivity contribution in [2.24, 2.45) is 0 Å². The van der Waals surface area contributed by atoms with Crippen LogP contribution in [0.15, 0.2) is 42.5 Å². The molecule has 0 aromatic heterocycles. The van der Waals surface area contributed by atoms with E-state index in [0.717, 1.165) is 5.56 Å². The number of hydrogen-bond acceptors (Lipinski definition) is 1. The van der Waals surface area contributed by atoms with E-state index in [9.17, 15) is 21.7 Å². The zero-order valence-electron chi connectivity index (χ0n) is 11.1. The van der Waals surface area contributed by atoms with E-state index < -0.39 is 24.1 Å². The van der Waals surface area contributed by atoms with E-state index >= 15 is 0 Å². The topological polar surface area (TPSA) is 9.23 Å². The summed E-state index contributed by atoms with van der Waals surface area (Å²) < 4.78 is 69.0. The molecule has 0 aliphatic rings. The van der Waals surface area contributed by atoms with Crippen LogP contribution in [-0.2, 0) is 6.61 Å². The van der Waals surface area contributed by atoms with Gasteiger partial charge in [-0.05, 0) is 11.0 Å². The molecule has 21 heavy (non-hydrogen) atoms. The van der Waals surface area contributed by atoms with E-state index in [1.807, 2.05) is 0 Å². The number of benzene rings is 2. The maximum Gasteiger partial charge on any atom is 1.00 e. The van der Waals surface area contributed by atoms with Gasteiger partial charge >= 0.3 is 58.4 Å². The van der Waals surface area contributed by atoms with Gasteiger partial charge in [-0.25, -0.2) is 8.78 Å². The molecule has 0 saturated carbocycles. The Morgan fingerprint density at radius 2 is 1.43 bits per heavy atom. The molecule has 0 heterocycles. The number of halogens is 5. The number of rotatable bonds is 4. The minimum absolute atomic E-state index is 0. The molecule has 0 fully saturated rings. The van der Waals surface area contributed by atoms with Gasteiger partial charge in [-0.1, -0.05) is 30.3 Å². The zero-order valence-corrected chi connectivity index (χ0v) is 14.2. The SMILES string of the molecule is Fc1cc(OCc2ccccc2)cc(F)c1[B-](F)(F)F.[K+]. The average Bonchev–Trinajstić information content (AvgIpc) is 2.35. The second kappa shape index (κ2) is 7.73. The van der Waals surface area contributed by atoms with Crippen molar-refractivity contribution in [1.82, 2.24) is 0 Å². The van der Waals surface area contributed by atoms with Gasteiger partial charge in [0.2, 0.25) is 0 Å². The van der Waals surface area contributed by atoms with E-state index in [4.69, 9.17) is 4.74 Å². The second-order valence-corrected chi connectivity index (χ2v) is 4.15. The first-order valence-electron chi connectivity index (χ1n) is 5.73. The Bertz CT molecular complexity index is 580. The predicted molar refractivity (Wildman–Crippen MR) is 65.8 cm³/mol. The molecule has 0 spiro atoms. The van der Waals surface area contributed by atoms with Crippen LogP contribution >= 0.6 is 0 Å². The van der Waals surface area contributed by atoms with Crippen LogP contribution in [0.5, 0.6) is 5.75 Å². The van der Waals surface area contributed by atoms with Crippen LogP contribution in [0.1, 0.15) is 5.56 Å². The van der Waals surface area contributed by atoms with Crippen molar-refractivity contribution in [1.29, 1.82) is 0 Å². The second-order valence-electron chi connectivity index (χ2n) is 4.15. The average molecular weight is 326 g/mol. The molecule has 106 valence electrons. The van der Waals surface area contributed by atoms with Crippen LogP contribution in [0.4, 0.5) is 21.7 Å². The van der Waals surface area contributed by atoms with Crippen LogP contribution < -0.4 is 61.6 Å². The summed E-state index contributed by atoms with van der Waals surface area (Å²) in [5, 5.41) is 0. The molecule has 0 bridgehead atoms. The maximum atomic E-state index is 13.3. The Hall–Kier alpha value is -0.409. The minimum Gasteiger partial charge on any atom is -0.489 e. The Balaban J connectivity index is 0.00000220. The molecule has 2 aromatic carbocycles. The van der Waals surface area contributed by atoms with Gasteiger partial charge in [0, 0.05) is 12.1 Å². The van der Waals surface area contributed by atoms with E-state index in [0.29, 0.717) is 12.1 Å². The van der Waals surface area contributed by atoms with Gasteiger partial charge in [-0.3, -0.25) is 0 Å². The van der Waals surface area contributed by atoms with Gasteiger partial charge < -0.3 is 17.7 Å². The molecule has 0 saturated heterocycles. The molecule has 0 atom stereocenters. The van der Waals surface area contributed by atoms with Crippen LogP contribution in [0, 0.1) is 11.6 Å². The van der Waals surface area contributed by atoms with Crippen LogP contribution in [0.2, 0.25) is 0 Å². The van der Waals surface area contributed by atoms with Crippen molar-refractivity contribution in [2.45, 2.75) is 6.61 Å². The normalized spacial score (nSPS) is 10.9. The molecule has 0 radical (unpaired) electrons. The van der Waals surface area contributed by atoms with Crippen LogP contribution in [0.25, 0.3) is 0 Å². The fourth-order valence-electron chi connectivity index (χ4n) is 1.70. The third kappa shape index (κ3) is 5.07.